The largest absolute Gasteiger partial charge is 0.481 e. The lowest BCUT2D eigenvalue weighted by Crippen LogP contribution is -2.05. The first kappa shape index (κ1) is 12.8. The van der Waals surface area contributed by atoms with Crippen LogP contribution < -0.4 is 10.1 Å². The van der Waals surface area contributed by atoms with E-state index in [1.165, 1.54) is 19.2 Å². The van der Waals surface area contributed by atoms with Crippen LogP contribution in [0.1, 0.15) is 11.5 Å². The van der Waals surface area contributed by atoms with Gasteiger partial charge in [-0.1, -0.05) is 5.16 Å². The second-order valence-electron chi connectivity index (χ2n) is 3.76. The smallest absolute Gasteiger partial charge is 0.311 e. The van der Waals surface area contributed by atoms with Gasteiger partial charge in [-0.05, 0) is 6.92 Å². The first-order valence-electron chi connectivity index (χ1n) is 5.45. The van der Waals surface area contributed by atoms with Crippen molar-refractivity contribution in [2.45, 2.75) is 13.5 Å². The number of methoxy groups -OCH3 is 1. The maximum atomic E-state index is 10.9. The molecule has 2 aromatic rings. The second kappa shape index (κ2) is 5.34. The quantitative estimate of drug-likeness (QED) is 0.649. The number of nitrogens with zero attached hydrogens (tertiary/aromatic N) is 3. The molecule has 0 aliphatic carbocycles. The summed E-state index contributed by atoms with van der Waals surface area (Å²) >= 11 is 0. The van der Waals surface area contributed by atoms with Gasteiger partial charge in [0.2, 0.25) is 11.7 Å². The molecule has 1 N–H and O–H groups in total. The Labute approximate surface area is 108 Å². The fourth-order valence-electron chi connectivity index (χ4n) is 1.50. The Kier molecular flexibility index (Phi) is 3.60. The van der Waals surface area contributed by atoms with Crippen molar-refractivity contribution in [1.29, 1.82) is 0 Å². The van der Waals surface area contributed by atoms with Crippen molar-refractivity contribution in [2.24, 2.45) is 0 Å². The zero-order valence-electron chi connectivity index (χ0n) is 10.4. The van der Waals surface area contributed by atoms with Crippen LogP contribution in [0.3, 0.4) is 0 Å². The van der Waals surface area contributed by atoms with Gasteiger partial charge < -0.3 is 14.6 Å². The number of aryl methyl sites for hydroxylation is 1. The number of aromatic nitrogens is 2. The summed E-state index contributed by atoms with van der Waals surface area (Å²) in [6, 6.07) is 4.50. The average molecular weight is 264 g/mol. The van der Waals surface area contributed by atoms with Gasteiger partial charge in [0.25, 0.3) is 0 Å². The summed E-state index contributed by atoms with van der Waals surface area (Å²) in [7, 11) is 1.44. The number of ether oxygens (including phenoxy) is 1. The monoisotopic (exact) mass is 264 g/mol. The van der Waals surface area contributed by atoms with Crippen LogP contribution in [0.5, 0.6) is 5.88 Å². The summed E-state index contributed by atoms with van der Waals surface area (Å²) in [4.78, 5) is 14.4. The first-order valence-corrected chi connectivity index (χ1v) is 5.45. The Bertz CT molecular complexity index is 596. The van der Waals surface area contributed by atoms with Crippen LogP contribution >= 0.6 is 0 Å². The predicted molar refractivity (Wildman–Crippen MR) is 66.0 cm³/mol. The molecule has 2 rings (SSSR count). The van der Waals surface area contributed by atoms with Crippen molar-refractivity contribution in [1.82, 2.24) is 10.1 Å². The molecule has 19 heavy (non-hydrogen) atoms. The van der Waals surface area contributed by atoms with Gasteiger partial charge in [-0.15, -0.1) is 0 Å². The fraction of sp³-hybridized carbons (Fsp3) is 0.273. The summed E-state index contributed by atoms with van der Waals surface area (Å²) in [6.07, 6.45) is 0. The predicted octanol–water partition coefficient (Wildman–Crippen LogP) is 1.91. The highest BCUT2D eigenvalue weighted by molar-refractivity contribution is 5.57. The summed E-state index contributed by atoms with van der Waals surface area (Å²) in [5, 5.41) is 17.5. The molecule has 0 aliphatic heterocycles. The third-order valence-electron chi connectivity index (χ3n) is 2.37. The van der Waals surface area contributed by atoms with Crippen LogP contribution in [0.2, 0.25) is 0 Å². The Morgan fingerprint density at radius 2 is 2.32 bits per heavy atom. The Morgan fingerprint density at radius 1 is 1.53 bits per heavy atom. The molecule has 0 atom stereocenters. The van der Waals surface area contributed by atoms with Gasteiger partial charge >= 0.3 is 5.69 Å². The maximum absolute atomic E-state index is 10.9. The van der Waals surface area contributed by atoms with Crippen LogP contribution in [-0.4, -0.2) is 22.2 Å². The fourth-order valence-corrected chi connectivity index (χ4v) is 1.50. The molecule has 2 aromatic heterocycles. The molecule has 0 unspecified atom stereocenters. The minimum absolute atomic E-state index is 0.124. The molecule has 8 heteroatoms. The van der Waals surface area contributed by atoms with Gasteiger partial charge in [0.1, 0.15) is 11.5 Å². The van der Waals surface area contributed by atoms with Gasteiger partial charge in [0.15, 0.2) is 0 Å². The molecule has 100 valence electrons. The van der Waals surface area contributed by atoms with E-state index in [1.807, 2.05) is 0 Å². The van der Waals surface area contributed by atoms with Crippen molar-refractivity contribution in [3.05, 3.63) is 39.8 Å². The highest BCUT2D eigenvalue weighted by atomic mass is 16.6. The van der Waals surface area contributed by atoms with Crippen molar-refractivity contribution >= 4 is 11.5 Å². The van der Waals surface area contributed by atoms with Crippen LogP contribution in [0, 0.1) is 17.0 Å². The first-order chi connectivity index (χ1) is 9.10. The topological polar surface area (TPSA) is 103 Å². The van der Waals surface area contributed by atoms with E-state index in [0.29, 0.717) is 17.3 Å². The molecule has 0 saturated carbocycles. The second-order valence-corrected chi connectivity index (χ2v) is 3.76. The van der Waals surface area contributed by atoms with Crippen molar-refractivity contribution in [3.63, 3.8) is 0 Å². The average Bonchev–Trinajstić information content (AvgIpc) is 2.81. The normalized spacial score (nSPS) is 10.2. The zero-order chi connectivity index (χ0) is 13.8. The van der Waals surface area contributed by atoms with Crippen molar-refractivity contribution in [3.8, 4) is 5.88 Å². The highest BCUT2D eigenvalue weighted by Crippen LogP contribution is 2.25. The van der Waals surface area contributed by atoms with Gasteiger partial charge in [-0.2, -0.15) is 4.98 Å². The summed E-state index contributed by atoms with van der Waals surface area (Å²) in [5.74, 6) is 1.10. The summed E-state index contributed by atoms with van der Waals surface area (Å²) in [6.45, 7) is 2.04. The number of nitrogens with one attached hydrogen (secondary N) is 1. The Hall–Kier alpha value is -2.64. The number of anilines is 1. The highest BCUT2D eigenvalue weighted by Gasteiger charge is 2.16. The van der Waals surface area contributed by atoms with Crippen LogP contribution in [0.25, 0.3) is 0 Å². The lowest BCUT2D eigenvalue weighted by molar-refractivity contribution is -0.384. The van der Waals surface area contributed by atoms with E-state index in [0.717, 1.165) is 0 Å². The van der Waals surface area contributed by atoms with E-state index in [4.69, 9.17) is 9.26 Å². The molecule has 0 bridgehead atoms. The van der Waals surface area contributed by atoms with Gasteiger partial charge in [-0.25, -0.2) is 0 Å². The third kappa shape index (κ3) is 2.97. The number of pyridine rings is 1. The van der Waals surface area contributed by atoms with Crippen molar-refractivity contribution < 1.29 is 14.2 Å². The lowest BCUT2D eigenvalue weighted by atomic mass is 10.3. The van der Waals surface area contributed by atoms with Gasteiger partial charge in [-0.3, -0.25) is 10.1 Å². The van der Waals surface area contributed by atoms with E-state index in [2.05, 4.69) is 15.5 Å². The standard InChI is InChI=1S/C11H12N4O4/c1-7-5-8(14-19-7)6-12-11-9(15(16)17)3-4-10(13-11)18-2/h3-5H,6H2,1-2H3,(H,12,13). The van der Waals surface area contributed by atoms with E-state index < -0.39 is 4.92 Å². The van der Waals surface area contributed by atoms with E-state index in [-0.39, 0.29) is 18.1 Å². The van der Waals surface area contributed by atoms with E-state index in [1.54, 1.807) is 13.0 Å². The minimum Gasteiger partial charge on any atom is -0.481 e. The van der Waals surface area contributed by atoms with E-state index in [9.17, 15) is 10.1 Å². The third-order valence-corrected chi connectivity index (χ3v) is 2.37. The SMILES string of the molecule is COc1ccc([N+](=O)[O-])c(NCc2cc(C)on2)n1. The number of hydrogen-bond donors (Lipinski definition) is 1. The Morgan fingerprint density at radius 3 is 2.89 bits per heavy atom. The van der Waals surface area contributed by atoms with Crippen LogP contribution in [0.4, 0.5) is 11.5 Å². The molecule has 0 fully saturated rings. The molecule has 0 amide bonds. The summed E-state index contributed by atoms with van der Waals surface area (Å²) < 4.78 is 9.84. The zero-order valence-corrected chi connectivity index (χ0v) is 10.4. The minimum atomic E-state index is -0.511. The molecular formula is C11H12N4O4. The Balaban J connectivity index is 2.19. The molecule has 8 nitrogen and oxygen atoms in total. The van der Waals surface area contributed by atoms with E-state index >= 15 is 0 Å². The molecule has 2 heterocycles. The molecule has 0 saturated heterocycles. The van der Waals surface area contributed by atoms with Gasteiger partial charge in [0, 0.05) is 18.2 Å². The number of rotatable bonds is 5. The van der Waals surface area contributed by atoms with Crippen LogP contribution in [-0.2, 0) is 6.54 Å². The maximum Gasteiger partial charge on any atom is 0.311 e. The molecule has 0 aromatic carbocycles. The summed E-state index contributed by atoms with van der Waals surface area (Å²) in [5.41, 5.74) is 0.512. The van der Waals surface area contributed by atoms with Gasteiger partial charge in [0.05, 0.1) is 18.6 Å². The molecule has 0 spiro atoms. The number of nitro groups is 1. The van der Waals surface area contributed by atoms with Crippen molar-refractivity contribution in [2.75, 3.05) is 12.4 Å². The molecule has 0 aliphatic rings. The lowest BCUT2D eigenvalue weighted by Gasteiger charge is -2.06. The van der Waals surface area contributed by atoms with Crippen LogP contribution in [0.15, 0.2) is 22.7 Å². The number of hydrogen-bond acceptors (Lipinski definition) is 7. The molecular weight excluding hydrogens is 252 g/mol. The molecule has 0 radical (unpaired) electrons.